The van der Waals surface area contributed by atoms with E-state index in [-0.39, 0.29) is 6.04 Å². The largest absolute Gasteiger partial charge is 0.313 e. The summed E-state index contributed by atoms with van der Waals surface area (Å²) in [6.07, 6.45) is 0. The monoisotopic (exact) mass is 313 g/mol. The molecule has 1 N–H and O–H groups in total. The summed E-state index contributed by atoms with van der Waals surface area (Å²) in [5.41, 5.74) is 2.98. The highest BCUT2D eigenvalue weighted by atomic mass is 35.5. The molecule has 2 rings (SSSR count). The Morgan fingerprint density at radius 3 is 2.26 bits per heavy atom. The van der Waals surface area contributed by atoms with E-state index in [1.54, 1.807) is 6.07 Å². The molecule has 0 spiro atoms. The minimum absolute atomic E-state index is 0.210. The molecule has 19 heavy (non-hydrogen) atoms. The number of halogens is 3. The van der Waals surface area contributed by atoms with Crippen LogP contribution in [0.2, 0.25) is 15.1 Å². The maximum atomic E-state index is 6.33. The van der Waals surface area contributed by atoms with Crippen molar-refractivity contribution in [3.05, 3.63) is 57.0 Å². The third kappa shape index (κ3) is 3.24. The van der Waals surface area contributed by atoms with E-state index in [2.05, 4.69) is 12.2 Å². The van der Waals surface area contributed by atoms with E-state index in [9.17, 15) is 0 Å². The van der Waals surface area contributed by atoms with E-state index in [0.29, 0.717) is 10.0 Å². The summed E-state index contributed by atoms with van der Waals surface area (Å²) in [6.45, 7) is 2.07. The zero-order valence-electron chi connectivity index (χ0n) is 10.7. The van der Waals surface area contributed by atoms with Crippen molar-refractivity contribution >= 4 is 34.8 Å². The fourth-order valence-corrected chi connectivity index (χ4v) is 2.79. The van der Waals surface area contributed by atoms with Crippen LogP contribution in [0.25, 0.3) is 11.1 Å². The van der Waals surface area contributed by atoms with E-state index < -0.39 is 0 Å². The summed E-state index contributed by atoms with van der Waals surface area (Å²) < 4.78 is 0. The van der Waals surface area contributed by atoms with Gasteiger partial charge in [-0.15, -0.1) is 0 Å². The minimum Gasteiger partial charge on any atom is -0.313 e. The molecule has 0 saturated heterocycles. The van der Waals surface area contributed by atoms with Crippen LogP contribution in [0.5, 0.6) is 0 Å². The van der Waals surface area contributed by atoms with Crippen LogP contribution >= 0.6 is 34.8 Å². The first-order valence-corrected chi connectivity index (χ1v) is 7.08. The SMILES string of the molecule is CNC(C)c1ccc(-c2ccc(Cl)cc2Cl)cc1Cl. The molecule has 0 aromatic heterocycles. The molecule has 2 aromatic carbocycles. The lowest BCUT2D eigenvalue weighted by atomic mass is 10.0. The number of rotatable bonds is 3. The Labute approximate surface area is 128 Å². The predicted octanol–water partition coefficient (Wildman–Crippen LogP) is 5.59. The molecule has 0 saturated carbocycles. The van der Waals surface area contributed by atoms with E-state index in [0.717, 1.165) is 21.7 Å². The van der Waals surface area contributed by atoms with Crippen molar-refractivity contribution in [1.82, 2.24) is 5.32 Å². The van der Waals surface area contributed by atoms with Gasteiger partial charge in [0.2, 0.25) is 0 Å². The minimum atomic E-state index is 0.210. The van der Waals surface area contributed by atoms with Crippen molar-refractivity contribution in [3.8, 4) is 11.1 Å². The van der Waals surface area contributed by atoms with Crippen LogP contribution in [0.4, 0.5) is 0 Å². The molecule has 4 heteroatoms. The van der Waals surface area contributed by atoms with Crippen molar-refractivity contribution in [2.75, 3.05) is 7.05 Å². The van der Waals surface area contributed by atoms with Crippen molar-refractivity contribution in [2.45, 2.75) is 13.0 Å². The number of hydrogen-bond donors (Lipinski definition) is 1. The average Bonchev–Trinajstić information content (AvgIpc) is 2.37. The highest BCUT2D eigenvalue weighted by Gasteiger charge is 2.10. The van der Waals surface area contributed by atoms with Crippen LogP contribution in [0.1, 0.15) is 18.5 Å². The van der Waals surface area contributed by atoms with Crippen LogP contribution < -0.4 is 5.32 Å². The number of nitrogens with one attached hydrogen (secondary N) is 1. The smallest absolute Gasteiger partial charge is 0.0499 e. The Kier molecular flexibility index (Phi) is 4.75. The number of hydrogen-bond acceptors (Lipinski definition) is 1. The highest BCUT2D eigenvalue weighted by molar-refractivity contribution is 6.36. The van der Waals surface area contributed by atoms with Crippen LogP contribution in [0, 0.1) is 0 Å². The quantitative estimate of drug-likeness (QED) is 0.778. The second kappa shape index (κ2) is 6.15. The first kappa shape index (κ1) is 14.7. The van der Waals surface area contributed by atoms with Gasteiger partial charge in [-0.05, 0) is 43.3 Å². The molecule has 0 aliphatic heterocycles. The zero-order valence-corrected chi connectivity index (χ0v) is 12.9. The molecular formula is C15H14Cl3N. The molecular weight excluding hydrogens is 301 g/mol. The maximum absolute atomic E-state index is 6.33. The topological polar surface area (TPSA) is 12.0 Å². The molecule has 0 amide bonds. The molecule has 0 heterocycles. The van der Waals surface area contributed by atoms with Gasteiger partial charge < -0.3 is 5.32 Å². The molecule has 2 aromatic rings. The Bertz CT molecular complexity index is 596. The Hall–Kier alpha value is -0.730. The highest BCUT2D eigenvalue weighted by Crippen LogP contribution is 2.33. The third-order valence-corrected chi connectivity index (χ3v) is 4.02. The Morgan fingerprint density at radius 1 is 0.947 bits per heavy atom. The fourth-order valence-electron chi connectivity index (χ4n) is 1.92. The zero-order chi connectivity index (χ0) is 14.0. The summed E-state index contributed by atoms with van der Waals surface area (Å²) in [7, 11) is 1.91. The summed E-state index contributed by atoms with van der Waals surface area (Å²) >= 11 is 18.4. The average molecular weight is 315 g/mol. The molecule has 0 fully saturated rings. The van der Waals surface area contributed by atoms with Crippen LogP contribution in [-0.2, 0) is 0 Å². The third-order valence-electron chi connectivity index (χ3n) is 3.14. The molecule has 0 bridgehead atoms. The van der Waals surface area contributed by atoms with Crippen molar-refractivity contribution in [3.63, 3.8) is 0 Å². The van der Waals surface area contributed by atoms with Gasteiger partial charge >= 0.3 is 0 Å². The van der Waals surface area contributed by atoms with Gasteiger partial charge in [0.15, 0.2) is 0 Å². The Morgan fingerprint density at radius 2 is 1.68 bits per heavy atom. The van der Waals surface area contributed by atoms with Gasteiger partial charge in [-0.2, -0.15) is 0 Å². The molecule has 0 aliphatic carbocycles. The first-order chi connectivity index (χ1) is 9.02. The molecule has 1 atom stereocenters. The van der Waals surface area contributed by atoms with Crippen molar-refractivity contribution < 1.29 is 0 Å². The van der Waals surface area contributed by atoms with E-state index in [1.807, 2.05) is 37.4 Å². The predicted molar refractivity (Wildman–Crippen MR) is 84.4 cm³/mol. The van der Waals surface area contributed by atoms with Crippen LogP contribution in [0.15, 0.2) is 36.4 Å². The lowest BCUT2D eigenvalue weighted by molar-refractivity contribution is 0.652. The summed E-state index contributed by atoms with van der Waals surface area (Å²) in [5, 5.41) is 5.15. The van der Waals surface area contributed by atoms with Gasteiger partial charge in [-0.3, -0.25) is 0 Å². The standard InChI is InChI=1S/C15H14Cl3N/c1-9(19-2)12-5-3-10(7-14(12)17)13-6-4-11(16)8-15(13)18/h3-9,19H,1-2H3. The summed E-state index contributed by atoms with van der Waals surface area (Å²) in [5.74, 6) is 0. The van der Waals surface area contributed by atoms with Gasteiger partial charge in [-0.25, -0.2) is 0 Å². The van der Waals surface area contributed by atoms with Gasteiger partial charge in [0.1, 0.15) is 0 Å². The second-order valence-electron chi connectivity index (χ2n) is 4.37. The number of benzene rings is 2. The van der Waals surface area contributed by atoms with E-state index in [4.69, 9.17) is 34.8 Å². The van der Waals surface area contributed by atoms with Crippen molar-refractivity contribution in [2.24, 2.45) is 0 Å². The lowest BCUT2D eigenvalue weighted by Crippen LogP contribution is -2.12. The van der Waals surface area contributed by atoms with Gasteiger partial charge in [0.25, 0.3) is 0 Å². The lowest BCUT2D eigenvalue weighted by Gasteiger charge is -2.14. The molecule has 1 nitrogen and oxygen atoms in total. The normalized spacial score (nSPS) is 12.5. The van der Waals surface area contributed by atoms with E-state index >= 15 is 0 Å². The molecule has 1 unspecified atom stereocenters. The fraction of sp³-hybridized carbons (Fsp3) is 0.200. The molecule has 0 radical (unpaired) electrons. The van der Waals surface area contributed by atoms with Gasteiger partial charge in [-0.1, -0.05) is 53.0 Å². The van der Waals surface area contributed by atoms with Gasteiger partial charge in [0.05, 0.1) is 0 Å². The maximum Gasteiger partial charge on any atom is 0.0499 e. The summed E-state index contributed by atoms with van der Waals surface area (Å²) in [4.78, 5) is 0. The molecule has 0 aliphatic rings. The molecule has 100 valence electrons. The second-order valence-corrected chi connectivity index (χ2v) is 5.62. The first-order valence-electron chi connectivity index (χ1n) is 5.95. The van der Waals surface area contributed by atoms with E-state index in [1.165, 1.54) is 0 Å². The van der Waals surface area contributed by atoms with Crippen molar-refractivity contribution in [1.29, 1.82) is 0 Å². The van der Waals surface area contributed by atoms with Crippen LogP contribution in [0.3, 0.4) is 0 Å². The van der Waals surface area contributed by atoms with Gasteiger partial charge in [0, 0.05) is 26.7 Å². The Balaban J connectivity index is 2.44. The van der Waals surface area contributed by atoms with Crippen LogP contribution in [-0.4, -0.2) is 7.05 Å². The summed E-state index contributed by atoms with van der Waals surface area (Å²) in [6, 6.07) is 11.6.